The second-order valence-electron chi connectivity index (χ2n) is 6.11. The highest BCUT2D eigenvalue weighted by molar-refractivity contribution is 5.62. The Kier molecular flexibility index (Phi) is 4.59. The molecule has 0 spiro atoms. The molecule has 0 atom stereocenters. The van der Waals surface area contributed by atoms with Gasteiger partial charge in [0, 0.05) is 6.04 Å². The Hall–Kier alpha value is -2.70. The Bertz CT molecular complexity index is 757. The second kappa shape index (κ2) is 6.82. The first-order valence-electron chi connectivity index (χ1n) is 8.05. The fraction of sp³-hybridized carbons (Fsp3) is 0.412. The molecule has 7 heteroatoms. The lowest BCUT2D eigenvalue weighted by Gasteiger charge is -2.14. The van der Waals surface area contributed by atoms with Crippen LogP contribution in [0.4, 0.5) is 11.5 Å². The van der Waals surface area contributed by atoms with Gasteiger partial charge in [0.05, 0.1) is 4.92 Å². The maximum atomic E-state index is 11.5. The van der Waals surface area contributed by atoms with Crippen molar-refractivity contribution >= 4 is 11.5 Å². The first-order chi connectivity index (χ1) is 11.5. The Balaban J connectivity index is 1.91. The van der Waals surface area contributed by atoms with Gasteiger partial charge in [-0.15, -0.1) is 0 Å². The van der Waals surface area contributed by atoms with Crippen molar-refractivity contribution in [1.29, 1.82) is 0 Å². The topological polar surface area (TPSA) is 90.2 Å². The van der Waals surface area contributed by atoms with E-state index in [0.29, 0.717) is 5.75 Å². The van der Waals surface area contributed by atoms with Gasteiger partial charge in [-0.2, -0.15) is 4.98 Å². The van der Waals surface area contributed by atoms with Crippen LogP contribution < -0.4 is 10.1 Å². The molecule has 1 aliphatic rings. The highest BCUT2D eigenvalue weighted by Gasteiger charge is 2.27. The number of ether oxygens (including phenoxy) is 1. The molecule has 1 fully saturated rings. The molecule has 0 saturated heterocycles. The van der Waals surface area contributed by atoms with Gasteiger partial charge in [0.15, 0.2) is 0 Å². The van der Waals surface area contributed by atoms with Crippen molar-refractivity contribution in [2.75, 3.05) is 5.32 Å². The molecule has 1 N–H and O–H groups in total. The average molecular weight is 328 g/mol. The zero-order chi connectivity index (χ0) is 17.1. The smallest absolute Gasteiger partial charge is 0.373 e. The molecule has 1 aromatic heterocycles. The highest BCUT2D eigenvalue weighted by atomic mass is 16.6. The summed E-state index contributed by atoms with van der Waals surface area (Å²) in [7, 11) is 0. The van der Waals surface area contributed by atoms with Crippen LogP contribution in [0.1, 0.15) is 36.8 Å². The number of rotatable bonds is 5. The van der Waals surface area contributed by atoms with Gasteiger partial charge >= 0.3 is 11.6 Å². The van der Waals surface area contributed by atoms with Gasteiger partial charge in [-0.3, -0.25) is 10.1 Å². The zero-order valence-electron chi connectivity index (χ0n) is 13.8. The van der Waals surface area contributed by atoms with E-state index in [1.165, 1.54) is 6.33 Å². The number of anilines is 1. The lowest BCUT2D eigenvalue weighted by molar-refractivity contribution is -0.385. The molecule has 3 rings (SSSR count). The van der Waals surface area contributed by atoms with Crippen molar-refractivity contribution < 1.29 is 9.66 Å². The van der Waals surface area contributed by atoms with Crippen LogP contribution in [-0.2, 0) is 0 Å². The van der Waals surface area contributed by atoms with Crippen molar-refractivity contribution in [1.82, 2.24) is 9.97 Å². The molecular weight excluding hydrogens is 308 g/mol. The molecule has 2 aromatic rings. The number of nitrogens with zero attached hydrogens (tertiary/aromatic N) is 3. The van der Waals surface area contributed by atoms with E-state index in [1.807, 2.05) is 26.0 Å². The Morgan fingerprint density at radius 1 is 1.21 bits per heavy atom. The average Bonchev–Trinajstić information content (AvgIpc) is 3.04. The van der Waals surface area contributed by atoms with E-state index in [1.54, 1.807) is 6.07 Å². The largest absolute Gasteiger partial charge is 0.434 e. The quantitative estimate of drug-likeness (QED) is 0.655. The van der Waals surface area contributed by atoms with Crippen molar-refractivity contribution in [3.8, 4) is 11.6 Å². The predicted molar refractivity (Wildman–Crippen MR) is 90.6 cm³/mol. The highest BCUT2D eigenvalue weighted by Crippen LogP contribution is 2.35. The molecule has 0 amide bonds. The maximum absolute atomic E-state index is 11.5. The minimum atomic E-state index is -0.492. The standard InChI is InChI=1S/C17H20N4O3/c1-11-7-8-14(9-12(11)2)24-17-15(21(22)23)16(18-10-19-17)20-13-5-3-4-6-13/h7-10,13H,3-6H2,1-2H3,(H,18,19,20). The van der Waals surface area contributed by atoms with E-state index in [0.717, 1.165) is 36.8 Å². The lowest BCUT2D eigenvalue weighted by atomic mass is 10.1. The van der Waals surface area contributed by atoms with Gasteiger partial charge in [-0.1, -0.05) is 18.9 Å². The summed E-state index contributed by atoms with van der Waals surface area (Å²) < 4.78 is 5.68. The number of nitro groups is 1. The summed E-state index contributed by atoms with van der Waals surface area (Å²) in [5.41, 5.74) is 1.96. The van der Waals surface area contributed by atoms with Crippen molar-refractivity contribution in [3.05, 3.63) is 45.8 Å². The molecule has 7 nitrogen and oxygen atoms in total. The molecule has 0 bridgehead atoms. The monoisotopic (exact) mass is 328 g/mol. The molecule has 0 aliphatic heterocycles. The number of hydrogen-bond acceptors (Lipinski definition) is 6. The molecule has 1 aliphatic carbocycles. The summed E-state index contributed by atoms with van der Waals surface area (Å²) in [6.07, 6.45) is 5.54. The van der Waals surface area contributed by atoms with Crippen molar-refractivity contribution in [3.63, 3.8) is 0 Å². The van der Waals surface area contributed by atoms with Crippen molar-refractivity contribution in [2.24, 2.45) is 0 Å². The van der Waals surface area contributed by atoms with E-state index in [2.05, 4.69) is 15.3 Å². The summed E-state index contributed by atoms with van der Waals surface area (Å²) in [6.45, 7) is 3.96. The van der Waals surface area contributed by atoms with E-state index >= 15 is 0 Å². The molecule has 0 unspecified atom stereocenters. The van der Waals surface area contributed by atoms with E-state index in [-0.39, 0.29) is 23.4 Å². The summed E-state index contributed by atoms with van der Waals surface area (Å²) in [5, 5.41) is 14.7. The van der Waals surface area contributed by atoms with Gasteiger partial charge in [0.2, 0.25) is 5.82 Å². The van der Waals surface area contributed by atoms with Gasteiger partial charge in [-0.25, -0.2) is 4.98 Å². The fourth-order valence-corrected chi connectivity index (χ4v) is 2.86. The minimum Gasteiger partial charge on any atom is -0.434 e. The van der Waals surface area contributed by atoms with Crippen LogP contribution >= 0.6 is 0 Å². The normalized spacial score (nSPS) is 14.6. The first kappa shape index (κ1) is 16.2. The Morgan fingerprint density at radius 2 is 1.96 bits per heavy atom. The van der Waals surface area contributed by atoms with Gasteiger partial charge in [0.25, 0.3) is 0 Å². The molecule has 1 saturated carbocycles. The van der Waals surface area contributed by atoms with Gasteiger partial charge in [0.1, 0.15) is 12.1 Å². The SMILES string of the molecule is Cc1ccc(Oc2ncnc(NC3CCCC3)c2[N+](=O)[O-])cc1C. The van der Waals surface area contributed by atoms with E-state index < -0.39 is 4.92 Å². The number of aromatic nitrogens is 2. The van der Waals surface area contributed by atoms with Crippen LogP contribution in [0.2, 0.25) is 0 Å². The Morgan fingerprint density at radius 3 is 2.62 bits per heavy atom. The summed E-state index contributed by atoms with van der Waals surface area (Å²) in [5.74, 6) is 0.700. The Labute approximate surface area is 140 Å². The molecular formula is C17H20N4O3. The lowest BCUT2D eigenvalue weighted by Crippen LogP contribution is -2.17. The van der Waals surface area contributed by atoms with E-state index in [4.69, 9.17) is 4.74 Å². The number of aryl methyl sites for hydroxylation is 2. The fourth-order valence-electron chi connectivity index (χ4n) is 2.86. The first-order valence-corrected chi connectivity index (χ1v) is 8.05. The van der Waals surface area contributed by atoms with Gasteiger partial charge < -0.3 is 10.1 Å². The molecule has 126 valence electrons. The van der Waals surface area contributed by atoms with Crippen LogP contribution in [0.15, 0.2) is 24.5 Å². The third kappa shape index (κ3) is 3.45. The third-order valence-electron chi connectivity index (χ3n) is 4.36. The van der Waals surface area contributed by atoms with Crippen molar-refractivity contribution in [2.45, 2.75) is 45.6 Å². The molecule has 1 aromatic carbocycles. The van der Waals surface area contributed by atoms with Crippen LogP contribution in [0.5, 0.6) is 11.6 Å². The number of nitrogens with one attached hydrogen (secondary N) is 1. The third-order valence-corrected chi connectivity index (χ3v) is 4.36. The minimum absolute atomic E-state index is 0.0428. The van der Waals surface area contributed by atoms with E-state index in [9.17, 15) is 10.1 Å². The zero-order valence-corrected chi connectivity index (χ0v) is 13.8. The summed E-state index contributed by atoms with van der Waals surface area (Å²) >= 11 is 0. The van der Waals surface area contributed by atoms with Crippen LogP contribution in [0, 0.1) is 24.0 Å². The molecule has 24 heavy (non-hydrogen) atoms. The summed E-state index contributed by atoms with van der Waals surface area (Å²) in [6, 6.07) is 5.74. The maximum Gasteiger partial charge on any atom is 0.373 e. The summed E-state index contributed by atoms with van der Waals surface area (Å²) in [4.78, 5) is 19.1. The van der Waals surface area contributed by atoms with Crippen LogP contribution in [0.3, 0.4) is 0 Å². The number of hydrogen-bond donors (Lipinski definition) is 1. The number of benzene rings is 1. The molecule has 1 heterocycles. The van der Waals surface area contributed by atoms with Gasteiger partial charge in [-0.05, 0) is 49.9 Å². The predicted octanol–water partition coefficient (Wildman–Crippen LogP) is 4.15. The second-order valence-corrected chi connectivity index (χ2v) is 6.11. The van der Waals surface area contributed by atoms with Crippen LogP contribution in [0.25, 0.3) is 0 Å². The molecule has 0 radical (unpaired) electrons. The van der Waals surface area contributed by atoms with Crippen LogP contribution in [-0.4, -0.2) is 20.9 Å².